The fourth-order valence-corrected chi connectivity index (χ4v) is 0.997. The Labute approximate surface area is 61.3 Å². The second-order valence-corrected chi connectivity index (χ2v) is 2.17. The number of benzene rings is 1. The van der Waals surface area contributed by atoms with Gasteiger partial charge >= 0.3 is 0 Å². The lowest BCUT2D eigenvalue weighted by Gasteiger charge is -2.10. The molecule has 1 aromatic rings. The maximum Gasteiger partial charge on any atom is 0.126 e. The van der Waals surface area contributed by atoms with Crippen LogP contribution in [0.25, 0.3) is 6.08 Å². The first-order valence-electron chi connectivity index (χ1n) is 3.77. The molecule has 0 N–H and O–H groups in total. The summed E-state index contributed by atoms with van der Waals surface area (Å²) in [6.07, 6.45) is 3.93. The first kappa shape index (κ1) is 4.56. The van der Waals surface area contributed by atoms with Crippen LogP contribution in [0.3, 0.4) is 0 Å². The van der Waals surface area contributed by atoms with E-state index in [0.717, 1.165) is 5.56 Å². The average Bonchev–Trinajstić information content (AvgIpc) is 2.06. The molecule has 0 fully saturated rings. The van der Waals surface area contributed by atoms with Crippen molar-refractivity contribution in [3.8, 4) is 5.75 Å². The number of hydrogen-bond donors (Lipinski definition) is 0. The summed E-state index contributed by atoms with van der Waals surface area (Å²) in [6, 6.07) is 6.01. The van der Waals surface area contributed by atoms with Crippen LogP contribution in [0.1, 0.15) is 6.93 Å². The predicted molar refractivity (Wildman–Crippen MR) is 41.0 cm³/mol. The third-order valence-corrected chi connectivity index (χ3v) is 1.47. The molecule has 0 aromatic heterocycles. The lowest BCUT2D eigenvalue weighted by Crippen LogP contribution is -1.98. The Balaban J connectivity index is 2.60. The summed E-state index contributed by atoms with van der Waals surface area (Å²) in [5.74, 6) is 0.704. The monoisotopic (exact) mass is 133 g/mol. The topological polar surface area (TPSA) is 9.23 Å². The van der Waals surface area contributed by atoms with Gasteiger partial charge in [0.15, 0.2) is 0 Å². The highest BCUT2D eigenvalue weighted by atomic mass is 16.5. The SMILES string of the molecule is [2H]c1cccc2c1OCC=C2. The van der Waals surface area contributed by atoms with Gasteiger partial charge in [-0.3, -0.25) is 0 Å². The van der Waals surface area contributed by atoms with Gasteiger partial charge < -0.3 is 4.74 Å². The van der Waals surface area contributed by atoms with E-state index >= 15 is 0 Å². The minimum Gasteiger partial charge on any atom is -0.489 e. The summed E-state index contributed by atoms with van der Waals surface area (Å²) < 4.78 is 12.8. The van der Waals surface area contributed by atoms with Gasteiger partial charge in [0.05, 0.1) is 1.37 Å². The van der Waals surface area contributed by atoms with Crippen LogP contribution < -0.4 is 4.74 Å². The van der Waals surface area contributed by atoms with Crippen LogP contribution in [0, 0.1) is 0 Å². The molecule has 0 saturated carbocycles. The maximum atomic E-state index is 7.49. The number of fused-ring (bicyclic) bond motifs is 1. The summed E-state index contributed by atoms with van der Waals surface area (Å²) in [6.45, 7) is 0.586. The van der Waals surface area contributed by atoms with Crippen molar-refractivity contribution in [3.05, 3.63) is 35.9 Å². The molecule has 1 aliphatic heterocycles. The number of hydrogen-bond acceptors (Lipinski definition) is 1. The third kappa shape index (κ3) is 0.798. The number of rotatable bonds is 0. The van der Waals surface area contributed by atoms with Crippen molar-refractivity contribution in [2.45, 2.75) is 0 Å². The molecule has 1 heterocycles. The zero-order chi connectivity index (χ0) is 7.68. The second kappa shape index (κ2) is 2.18. The van der Waals surface area contributed by atoms with Crippen LogP contribution in [0.4, 0.5) is 0 Å². The maximum absolute atomic E-state index is 7.49. The molecule has 0 saturated heterocycles. The van der Waals surface area contributed by atoms with Gasteiger partial charge in [0.1, 0.15) is 12.4 Å². The van der Waals surface area contributed by atoms with E-state index in [1.807, 2.05) is 24.3 Å². The smallest absolute Gasteiger partial charge is 0.126 e. The van der Waals surface area contributed by atoms with Gasteiger partial charge in [-0.15, -0.1) is 0 Å². The van der Waals surface area contributed by atoms with Gasteiger partial charge in [-0.25, -0.2) is 0 Å². The van der Waals surface area contributed by atoms with E-state index < -0.39 is 0 Å². The van der Waals surface area contributed by atoms with Crippen molar-refractivity contribution in [2.24, 2.45) is 0 Å². The first-order valence-corrected chi connectivity index (χ1v) is 3.27. The molecule has 2 rings (SSSR count). The molecule has 0 unspecified atom stereocenters. The summed E-state index contributed by atoms with van der Waals surface area (Å²) in [5.41, 5.74) is 1.00. The minimum absolute atomic E-state index is 0.465. The zero-order valence-electron chi connectivity index (χ0n) is 6.50. The fourth-order valence-electron chi connectivity index (χ4n) is 0.997. The molecule has 0 aliphatic carbocycles. The van der Waals surface area contributed by atoms with Crippen LogP contribution in [-0.2, 0) is 0 Å². The van der Waals surface area contributed by atoms with Crippen molar-refractivity contribution in [1.29, 1.82) is 0 Å². The molecule has 50 valence electrons. The van der Waals surface area contributed by atoms with Crippen LogP contribution in [0.2, 0.25) is 0 Å². The molecule has 0 atom stereocenters. The van der Waals surface area contributed by atoms with Gasteiger partial charge in [-0.1, -0.05) is 24.3 Å². The lowest BCUT2D eigenvalue weighted by atomic mass is 10.1. The van der Waals surface area contributed by atoms with Crippen LogP contribution in [-0.4, -0.2) is 6.61 Å². The standard InChI is InChI=1S/C9H8O/c1-2-6-9-8(4-1)5-3-7-10-9/h1-6H,7H2/i6D. The zero-order valence-corrected chi connectivity index (χ0v) is 5.50. The third-order valence-electron chi connectivity index (χ3n) is 1.47. The van der Waals surface area contributed by atoms with E-state index in [2.05, 4.69) is 0 Å². The highest BCUT2D eigenvalue weighted by Crippen LogP contribution is 2.21. The number of para-hydroxylation sites is 1. The van der Waals surface area contributed by atoms with E-state index in [1.165, 1.54) is 0 Å². The van der Waals surface area contributed by atoms with Crippen LogP contribution in [0.15, 0.2) is 30.3 Å². The summed E-state index contributed by atoms with van der Waals surface area (Å²) in [5, 5.41) is 0. The van der Waals surface area contributed by atoms with E-state index in [9.17, 15) is 0 Å². The van der Waals surface area contributed by atoms with Gasteiger partial charge in [-0.2, -0.15) is 0 Å². The van der Waals surface area contributed by atoms with Crippen molar-refractivity contribution in [1.82, 2.24) is 0 Å². The molecule has 1 aromatic carbocycles. The Morgan fingerprint density at radius 3 is 3.40 bits per heavy atom. The van der Waals surface area contributed by atoms with Gasteiger partial charge in [0.25, 0.3) is 0 Å². The molecule has 1 heteroatoms. The molecule has 1 nitrogen and oxygen atoms in total. The Bertz CT molecular complexity index is 304. The van der Waals surface area contributed by atoms with Gasteiger partial charge in [0.2, 0.25) is 0 Å². The average molecular weight is 133 g/mol. The Morgan fingerprint density at radius 2 is 2.50 bits per heavy atom. The molecule has 0 amide bonds. The molecule has 0 bridgehead atoms. The summed E-state index contributed by atoms with van der Waals surface area (Å²) >= 11 is 0. The highest BCUT2D eigenvalue weighted by molar-refractivity contribution is 5.58. The molecule has 10 heavy (non-hydrogen) atoms. The molecular formula is C9H8O. The molecule has 1 aliphatic rings. The Morgan fingerprint density at radius 1 is 1.50 bits per heavy atom. The van der Waals surface area contributed by atoms with Gasteiger partial charge in [0, 0.05) is 5.56 Å². The van der Waals surface area contributed by atoms with E-state index in [4.69, 9.17) is 6.11 Å². The molecule has 0 radical (unpaired) electrons. The van der Waals surface area contributed by atoms with Crippen molar-refractivity contribution in [2.75, 3.05) is 6.61 Å². The highest BCUT2D eigenvalue weighted by Gasteiger charge is 2.01. The fraction of sp³-hybridized carbons (Fsp3) is 0.111. The Kier molecular flexibility index (Phi) is 0.992. The Hall–Kier alpha value is -1.24. The minimum atomic E-state index is 0.465. The summed E-state index contributed by atoms with van der Waals surface area (Å²) in [7, 11) is 0. The first-order chi connectivity index (χ1) is 5.38. The molecular weight excluding hydrogens is 124 g/mol. The van der Waals surface area contributed by atoms with E-state index in [0.29, 0.717) is 18.4 Å². The van der Waals surface area contributed by atoms with E-state index in [-0.39, 0.29) is 0 Å². The molecule has 0 spiro atoms. The second-order valence-electron chi connectivity index (χ2n) is 2.17. The van der Waals surface area contributed by atoms with Crippen molar-refractivity contribution in [3.63, 3.8) is 0 Å². The summed E-state index contributed by atoms with van der Waals surface area (Å²) in [4.78, 5) is 0. The predicted octanol–water partition coefficient (Wildman–Crippen LogP) is 2.09. The van der Waals surface area contributed by atoms with E-state index in [1.54, 1.807) is 6.07 Å². The van der Waals surface area contributed by atoms with Crippen LogP contribution >= 0.6 is 0 Å². The quantitative estimate of drug-likeness (QED) is 0.526. The van der Waals surface area contributed by atoms with Crippen LogP contribution in [0.5, 0.6) is 5.75 Å². The normalized spacial score (nSPS) is 15.4. The lowest BCUT2D eigenvalue weighted by molar-refractivity contribution is 0.358. The van der Waals surface area contributed by atoms with Gasteiger partial charge in [-0.05, 0) is 12.1 Å². The number of ether oxygens (including phenoxy) is 1. The largest absolute Gasteiger partial charge is 0.489 e. The van der Waals surface area contributed by atoms with Crippen molar-refractivity contribution < 1.29 is 6.11 Å². The van der Waals surface area contributed by atoms with Crippen molar-refractivity contribution >= 4 is 6.08 Å².